The minimum absolute atomic E-state index is 0.207. The second-order valence-corrected chi connectivity index (χ2v) is 7.77. The quantitative estimate of drug-likeness (QED) is 0.593. The van der Waals surface area contributed by atoms with Gasteiger partial charge >= 0.3 is 0 Å². The first-order chi connectivity index (χ1) is 14.5. The highest BCUT2D eigenvalue weighted by molar-refractivity contribution is 8.18. The van der Waals surface area contributed by atoms with Crippen molar-refractivity contribution in [1.82, 2.24) is 15.2 Å². The number of rotatable bonds is 6. The fraction of sp³-hybridized carbons (Fsp3) is 0.136. The first-order valence-corrected chi connectivity index (χ1v) is 10.2. The smallest absolute Gasteiger partial charge is 0.294 e. The zero-order chi connectivity index (χ0) is 21.1. The molecule has 3 aromatic rings. The summed E-state index contributed by atoms with van der Waals surface area (Å²) in [5.41, 5.74) is 2.72. The van der Waals surface area contributed by atoms with Crippen molar-refractivity contribution in [3.05, 3.63) is 76.6 Å². The first-order valence-electron chi connectivity index (χ1n) is 9.34. The molecule has 0 aliphatic carbocycles. The van der Waals surface area contributed by atoms with E-state index >= 15 is 0 Å². The molecule has 152 valence electrons. The number of fused-ring (bicyclic) bond motifs is 1. The van der Waals surface area contributed by atoms with Crippen LogP contribution in [0.2, 0.25) is 0 Å². The Kier molecular flexibility index (Phi) is 5.67. The number of carbonyl (C=O) groups is 3. The van der Waals surface area contributed by atoms with Gasteiger partial charge in [-0.05, 0) is 53.6 Å². The Balaban J connectivity index is 1.33. The fourth-order valence-corrected chi connectivity index (χ4v) is 4.06. The van der Waals surface area contributed by atoms with E-state index in [4.69, 9.17) is 0 Å². The molecule has 2 heterocycles. The van der Waals surface area contributed by atoms with Crippen molar-refractivity contribution in [3.8, 4) is 0 Å². The molecule has 8 heteroatoms. The van der Waals surface area contributed by atoms with Gasteiger partial charge in [-0.3, -0.25) is 19.3 Å². The Morgan fingerprint density at radius 1 is 1.13 bits per heavy atom. The lowest BCUT2D eigenvalue weighted by molar-refractivity contribution is -0.129. The third-order valence-corrected chi connectivity index (χ3v) is 5.64. The van der Waals surface area contributed by atoms with E-state index in [9.17, 15) is 18.8 Å². The third kappa shape index (κ3) is 4.28. The van der Waals surface area contributed by atoms with Crippen LogP contribution in [0, 0.1) is 5.82 Å². The van der Waals surface area contributed by atoms with Gasteiger partial charge in [-0.2, -0.15) is 0 Å². The van der Waals surface area contributed by atoms with Crippen LogP contribution < -0.4 is 5.32 Å². The Hall–Kier alpha value is -3.39. The van der Waals surface area contributed by atoms with Crippen LogP contribution in [0.1, 0.15) is 11.1 Å². The fourth-order valence-electron chi connectivity index (χ4n) is 3.22. The van der Waals surface area contributed by atoms with E-state index in [1.54, 1.807) is 0 Å². The normalized spacial score (nSPS) is 15.4. The van der Waals surface area contributed by atoms with Crippen LogP contribution >= 0.6 is 11.8 Å². The van der Waals surface area contributed by atoms with Gasteiger partial charge in [0.1, 0.15) is 12.4 Å². The number of nitrogens with one attached hydrogen (secondary N) is 2. The van der Waals surface area contributed by atoms with Crippen LogP contribution in [-0.4, -0.2) is 40.0 Å². The van der Waals surface area contributed by atoms with Gasteiger partial charge in [0.2, 0.25) is 5.91 Å². The number of thioether (sulfide) groups is 1. The number of imide groups is 1. The molecule has 2 N–H and O–H groups in total. The van der Waals surface area contributed by atoms with Gasteiger partial charge in [0.15, 0.2) is 0 Å². The largest absolute Gasteiger partial charge is 0.361 e. The van der Waals surface area contributed by atoms with Crippen molar-refractivity contribution in [3.63, 3.8) is 0 Å². The van der Waals surface area contributed by atoms with Crippen LogP contribution in [0.5, 0.6) is 0 Å². The summed E-state index contributed by atoms with van der Waals surface area (Å²) in [6.45, 7) is 0.0572. The average molecular weight is 423 g/mol. The van der Waals surface area contributed by atoms with Crippen molar-refractivity contribution in [2.24, 2.45) is 0 Å². The predicted molar refractivity (Wildman–Crippen MR) is 114 cm³/mol. The summed E-state index contributed by atoms with van der Waals surface area (Å²) in [7, 11) is 0. The molecule has 30 heavy (non-hydrogen) atoms. The molecule has 0 spiro atoms. The van der Waals surface area contributed by atoms with Crippen LogP contribution in [0.3, 0.4) is 0 Å². The lowest BCUT2D eigenvalue weighted by atomic mass is 10.1. The molecule has 1 fully saturated rings. The first kappa shape index (κ1) is 19.9. The second-order valence-electron chi connectivity index (χ2n) is 6.78. The third-order valence-electron chi connectivity index (χ3n) is 4.73. The molecule has 2 aromatic carbocycles. The molecule has 0 atom stereocenters. The molecule has 0 saturated carbocycles. The molecule has 1 saturated heterocycles. The zero-order valence-electron chi connectivity index (χ0n) is 15.9. The molecular weight excluding hydrogens is 405 g/mol. The van der Waals surface area contributed by atoms with Gasteiger partial charge in [-0.15, -0.1) is 0 Å². The van der Waals surface area contributed by atoms with E-state index in [1.165, 1.54) is 30.3 Å². The van der Waals surface area contributed by atoms with Crippen molar-refractivity contribution < 1.29 is 18.8 Å². The average Bonchev–Trinajstić information content (AvgIpc) is 3.26. The maximum atomic E-state index is 13.0. The van der Waals surface area contributed by atoms with Gasteiger partial charge in [-0.1, -0.05) is 30.3 Å². The van der Waals surface area contributed by atoms with Gasteiger partial charge < -0.3 is 10.3 Å². The molecular formula is C22H18FN3O3S. The molecule has 1 aromatic heterocycles. The molecule has 0 bridgehead atoms. The Morgan fingerprint density at radius 2 is 1.90 bits per heavy atom. The number of aromatic nitrogens is 1. The summed E-state index contributed by atoms with van der Waals surface area (Å²) in [6.07, 6.45) is 4.05. The second kappa shape index (κ2) is 8.54. The van der Waals surface area contributed by atoms with E-state index in [0.29, 0.717) is 18.5 Å². The Bertz CT molecular complexity index is 1150. The summed E-state index contributed by atoms with van der Waals surface area (Å²) in [5, 5.41) is 3.36. The molecule has 0 unspecified atom stereocenters. The highest BCUT2D eigenvalue weighted by Gasteiger charge is 2.36. The number of H-pyrrole nitrogens is 1. The number of hydrogen-bond donors (Lipinski definition) is 2. The predicted octanol–water partition coefficient (Wildman–Crippen LogP) is 3.70. The van der Waals surface area contributed by atoms with Crippen molar-refractivity contribution >= 4 is 45.8 Å². The Labute approximate surface area is 176 Å². The number of amides is 3. The summed E-state index contributed by atoms with van der Waals surface area (Å²) in [4.78, 5) is 41.2. The minimum atomic E-state index is -0.527. The number of para-hydroxylation sites is 1. The topological polar surface area (TPSA) is 82.3 Å². The standard InChI is InChI=1S/C22H18FN3O3S/c23-16-7-5-14(6-8-16)11-19-21(28)26(22(29)30-19)13-20(27)24-10-9-15-12-25-18-4-2-1-3-17(15)18/h1-8,11-12,25H,9-10,13H2,(H,24,27)/b19-11-. The molecule has 1 aliphatic heterocycles. The van der Waals surface area contributed by atoms with Crippen LogP contribution in [-0.2, 0) is 16.0 Å². The number of nitrogens with zero attached hydrogens (tertiary/aromatic N) is 1. The highest BCUT2D eigenvalue weighted by atomic mass is 32.2. The van der Waals surface area contributed by atoms with E-state index < -0.39 is 17.1 Å². The number of carbonyl (C=O) groups excluding carboxylic acids is 3. The SMILES string of the molecule is O=C(CN1C(=O)S/C(=C\c2ccc(F)cc2)C1=O)NCCc1c[nH]c2ccccc12. The lowest BCUT2D eigenvalue weighted by Gasteiger charge is -2.12. The molecule has 4 rings (SSSR count). The van der Waals surface area contributed by atoms with E-state index in [2.05, 4.69) is 10.3 Å². The minimum Gasteiger partial charge on any atom is -0.361 e. The molecule has 0 radical (unpaired) electrons. The summed E-state index contributed by atoms with van der Waals surface area (Å²) >= 11 is 0.767. The van der Waals surface area contributed by atoms with Gasteiger partial charge in [0, 0.05) is 23.6 Å². The number of benzene rings is 2. The van der Waals surface area contributed by atoms with Crippen LogP contribution in [0.4, 0.5) is 9.18 Å². The Morgan fingerprint density at radius 3 is 2.70 bits per heavy atom. The zero-order valence-corrected chi connectivity index (χ0v) is 16.7. The van der Waals surface area contributed by atoms with Crippen LogP contribution in [0.25, 0.3) is 17.0 Å². The van der Waals surface area contributed by atoms with Gasteiger partial charge in [-0.25, -0.2) is 4.39 Å². The van der Waals surface area contributed by atoms with E-state index in [0.717, 1.165) is 33.1 Å². The van der Waals surface area contributed by atoms with Gasteiger partial charge in [0.05, 0.1) is 4.91 Å². The maximum Gasteiger partial charge on any atom is 0.294 e. The lowest BCUT2D eigenvalue weighted by Crippen LogP contribution is -2.40. The summed E-state index contributed by atoms with van der Waals surface area (Å²) in [5.74, 6) is -1.31. The summed E-state index contributed by atoms with van der Waals surface area (Å²) in [6, 6.07) is 13.5. The maximum absolute atomic E-state index is 13.0. The van der Waals surface area contributed by atoms with Crippen molar-refractivity contribution in [2.45, 2.75) is 6.42 Å². The number of halogens is 1. The molecule has 3 amide bonds. The molecule has 1 aliphatic rings. The number of aromatic amines is 1. The molecule has 6 nitrogen and oxygen atoms in total. The van der Waals surface area contributed by atoms with E-state index in [-0.39, 0.29) is 17.3 Å². The van der Waals surface area contributed by atoms with Crippen LogP contribution in [0.15, 0.2) is 59.6 Å². The highest BCUT2D eigenvalue weighted by Crippen LogP contribution is 2.32. The number of hydrogen-bond acceptors (Lipinski definition) is 4. The van der Waals surface area contributed by atoms with E-state index in [1.807, 2.05) is 30.5 Å². The van der Waals surface area contributed by atoms with Crippen molar-refractivity contribution in [1.29, 1.82) is 0 Å². The summed E-state index contributed by atoms with van der Waals surface area (Å²) < 4.78 is 13.0. The van der Waals surface area contributed by atoms with Crippen molar-refractivity contribution in [2.75, 3.05) is 13.1 Å². The van der Waals surface area contributed by atoms with Gasteiger partial charge in [0.25, 0.3) is 11.1 Å². The monoisotopic (exact) mass is 423 g/mol.